The Bertz CT molecular complexity index is 839. The molecule has 0 saturated carbocycles. The molecule has 0 aliphatic rings. The fraction of sp³-hybridized carbons (Fsp3) is 0.250. The summed E-state index contributed by atoms with van der Waals surface area (Å²) in [7, 11) is 1.94. The summed E-state index contributed by atoms with van der Waals surface area (Å²) in [5.74, 6) is -0.234. The van der Waals surface area contributed by atoms with E-state index in [1.807, 2.05) is 24.1 Å². The van der Waals surface area contributed by atoms with E-state index in [0.717, 1.165) is 5.56 Å². The molecule has 0 N–H and O–H groups in total. The van der Waals surface area contributed by atoms with E-state index < -0.39 is 0 Å². The second-order valence-electron chi connectivity index (χ2n) is 5.30. The lowest BCUT2D eigenvalue weighted by molar-refractivity contribution is 0.303. The molecule has 2 heterocycles. The highest BCUT2D eigenvalue weighted by Gasteiger charge is 2.07. The first-order valence-corrected chi connectivity index (χ1v) is 7.11. The molecule has 0 radical (unpaired) electrons. The molecule has 3 aromatic rings. The maximum atomic E-state index is 13.2. The van der Waals surface area contributed by atoms with Gasteiger partial charge in [-0.3, -0.25) is 4.40 Å². The smallest absolute Gasteiger partial charge is 0.300 e. The van der Waals surface area contributed by atoms with Gasteiger partial charge in [0.05, 0.1) is 6.54 Å². The zero-order valence-electron chi connectivity index (χ0n) is 12.3. The molecule has 0 amide bonds. The Labute approximate surface area is 127 Å². The predicted octanol–water partition coefficient (Wildman–Crippen LogP) is 1.77. The van der Waals surface area contributed by atoms with Gasteiger partial charge < -0.3 is 4.90 Å². The average Bonchev–Trinajstić information content (AvgIpc) is 2.82. The van der Waals surface area contributed by atoms with Gasteiger partial charge in [-0.2, -0.15) is 0 Å². The highest BCUT2D eigenvalue weighted by atomic mass is 19.1. The van der Waals surface area contributed by atoms with Crippen LogP contribution in [0.25, 0.3) is 5.65 Å². The van der Waals surface area contributed by atoms with E-state index in [2.05, 4.69) is 5.10 Å². The summed E-state index contributed by atoms with van der Waals surface area (Å²) >= 11 is 0. The Morgan fingerprint density at radius 2 is 2.09 bits per heavy atom. The van der Waals surface area contributed by atoms with Gasteiger partial charge in [-0.15, -0.1) is 5.10 Å². The SMILES string of the molecule is CN(CCn1nc2ccccn2c1=O)Cc1cccc(F)c1. The fourth-order valence-electron chi connectivity index (χ4n) is 2.41. The van der Waals surface area contributed by atoms with Crippen molar-refractivity contribution in [2.24, 2.45) is 0 Å². The predicted molar refractivity (Wildman–Crippen MR) is 82.2 cm³/mol. The number of pyridine rings is 1. The topological polar surface area (TPSA) is 42.5 Å². The normalized spacial score (nSPS) is 11.4. The van der Waals surface area contributed by atoms with Gasteiger partial charge in [0.25, 0.3) is 0 Å². The summed E-state index contributed by atoms with van der Waals surface area (Å²) in [5, 5.41) is 4.29. The number of fused-ring (bicyclic) bond motifs is 1. The van der Waals surface area contributed by atoms with Gasteiger partial charge in [0, 0.05) is 19.3 Å². The largest absolute Gasteiger partial charge is 0.350 e. The fourth-order valence-corrected chi connectivity index (χ4v) is 2.41. The molecule has 114 valence electrons. The maximum absolute atomic E-state index is 13.2. The van der Waals surface area contributed by atoms with E-state index in [1.54, 1.807) is 24.4 Å². The highest BCUT2D eigenvalue weighted by molar-refractivity contribution is 5.35. The minimum atomic E-state index is -0.234. The number of hydrogen-bond acceptors (Lipinski definition) is 3. The minimum Gasteiger partial charge on any atom is -0.300 e. The van der Waals surface area contributed by atoms with Gasteiger partial charge in [-0.05, 0) is 36.9 Å². The Kier molecular flexibility index (Phi) is 4.02. The molecule has 22 heavy (non-hydrogen) atoms. The zero-order chi connectivity index (χ0) is 15.5. The van der Waals surface area contributed by atoms with Crippen LogP contribution in [0.5, 0.6) is 0 Å². The molecule has 0 saturated heterocycles. The number of likely N-dealkylation sites (N-methyl/N-ethyl adjacent to an activating group) is 1. The molecule has 0 aliphatic heterocycles. The lowest BCUT2D eigenvalue weighted by Gasteiger charge is -2.16. The standard InChI is InChI=1S/C16H17FN4O/c1-19(12-13-5-4-6-14(17)11-13)9-10-21-16(22)20-8-3-2-7-15(20)18-21/h2-8,11H,9-10,12H2,1H3. The van der Waals surface area contributed by atoms with Crippen LogP contribution in [0.15, 0.2) is 53.5 Å². The van der Waals surface area contributed by atoms with Gasteiger partial charge in [-0.1, -0.05) is 18.2 Å². The molecule has 5 nitrogen and oxygen atoms in total. The Hall–Kier alpha value is -2.47. The van der Waals surface area contributed by atoms with Crippen molar-refractivity contribution in [3.8, 4) is 0 Å². The zero-order valence-corrected chi connectivity index (χ0v) is 12.3. The molecule has 0 atom stereocenters. The van der Waals surface area contributed by atoms with E-state index in [1.165, 1.54) is 21.2 Å². The van der Waals surface area contributed by atoms with E-state index in [9.17, 15) is 9.18 Å². The van der Waals surface area contributed by atoms with Crippen molar-refractivity contribution in [2.45, 2.75) is 13.1 Å². The van der Waals surface area contributed by atoms with Crippen molar-refractivity contribution < 1.29 is 4.39 Å². The van der Waals surface area contributed by atoms with Crippen LogP contribution in [0.2, 0.25) is 0 Å². The Balaban J connectivity index is 1.66. The summed E-state index contributed by atoms with van der Waals surface area (Å²) in [6.07, 6.45) is 1.71. The van der Waals surface area contributed by atoms with E-state index in [-0.39, 0.29) is 11.5 Å². The van der Waals surface area contributed by atoms with Gasteiger partial charge in [-0.25, -0.2) is 13.9 Å². The van der Waals surface area contributed by atoms with Crippen LogP contribution in [0.3, 0.4) is 0 Å². The van der Waals surface area contributed by atoms with Crippen molar-refractivity contribution in [1.82, 2.24) is 19.1 Å². The second-order valence-corrected chi connectivity index (χ2v) is 5.30. The van der Waals surface area contributed by atoms with Crippen LogP contribution in [0, 0.1) is 5.82 Å². The lowest BCUT2D eigenvalue weighted by Crippen LogP contribution is -2.28. The second kappa shape index (κ2) is 6.11. The first-order valence-electron chi connectivity index (χ1n) is 7.11. The van der Waals surface area contributed by atoms with Crippen molar-refractivity contribution >= 4 is 5.65 Å². The van der Waals surface area contributed by atoms with E-state index in [4.69, 9.17) is 0 Å². The molecule has 0 unspecified atom stereocenters. The van der Waals surface area contributed by atoms with Gasteiger partial charge in [0.2, 0.25) is 0 Å². The summed E-state index contributed by atoms with van der Waals surface area (Å²) in [6, 6.07) is 12.0. The molecule has 3 rings (SSSR count). The number of benzene rings is 1. The van der Waals surface area contributed by atoms with Gasteiger partial charge in [0.15, 0.2) is 5.65 Å². The molecule has 1 aromatic carbocycles. The van der Waals surface area contributed by atoms with E-state index >= 15 is 0 Å². The summed E-state index contributed by atoms with van der Waals surface area (Å²) in [5.41, 5.74) is 1.40. The third-order valence-corrected chi connectivity index (χ3v) is 3.52. The quantitative estimate of drug-likeness (QED) is 0.721. The molecule has 0 fully saturated rings. The molecular weight excluding hydrogens is 283 g/mol. The van der Waals surface area contributed by atoms with Crippen molar-refractivity contribution in [3.63, 3.8) is 0 Å². The Morgan fingerprint density at radius 3 is 2.86 bits per heavy atom. The molecule has 2 aromatic heterocycles. The molecule has 6 heteroatoms. The van der Waals surface area contributed by atoms with Crippen LogP contribution in [-0.2, 0) is 13.1 Å². The van der Waals surface area contributed by atoms with Crippen LogP contribution in [-0.4, -0.2) is 32.7 Å². The Morgan fingerprint density at radius 1 is 1.23 bits per heavy atom. The number of rotatable bonds is 5. The van der Waals surface area contributed by atoms with E-state index in [0.29, 0.717) is 25.3 Å². The number of aromatic nitrogens is 3. The van der Waals surface area contributed by atoms with Crippen LogP contribution in [0.1, 0.15) is 5.56 Å². The lowest BCUT2D eigenvalue weighted by atomic mass is 10.2. The first-order chi connectivity index (χ1) is 10.6. The molecular formula is C16H17FN4O. The third-order valence-electron chi connectivity index (χ3n) is 3.52. The summed E-state index contributed by atoms with van der Waals surface area (Å²) in [6.45, 7) is 1.77. The van der Waals surface area contributed by atoms with Crippen LogP contribution < -0.4 is 5.69 Å². The summed E-state index contributed by atoms with van der Waals surface area (Å²) < 4.78 is 16.1. The van der Waals surface area contributed by atoms with Crippen molar-refractivity contribution in [1.29, 1.82) is 0 Å². The average molecular weight is 300 g/mol. The van der Waals surface area contributed by atoms with Crippen LogP contribution >= 0.6 is 0 Å². The highest BCUT2D eigenvalue weighted by Crippen LogP contribution is 2.06. The maximum Gasteiger partial charge on any atom is 0.350 e. The molecule has 0 bridgehead atoms. The van der Waals surface area contributed by atoms with Crippen LogP contribution in [0.4, 0.5) is 4.39 Å². The first kappa shape index (κ1) is 14.5. The van der Waals surface area contributed by atoms with Gasteiger partial charge >= 0.3 is 5.69 Å². The number of hydrogen-bond donors (Lipinski definition) is 0. The van der Waals surface area contributed by atoms with Gasteiger partial charge in [0.1, 0.15) is 5.82 Å². The van der Waals surface area contributed by atoms with Crippen molar-refractivity contribution in [3.05, 3.63) is 70.5 Å². The number of halogens is 1. The minimum absolute atomic E-state index is 0.144. The number of nitrogens with zero attached hydrogens (tertiary/aromatic N) is 4. The third kappa shape index (κ3) is 3.07. The van der Waals surface area contributed by atoms with Crippen molar-refractivity contribution in [2.75, 3.05) is 13.6 Å². The molecule has 0 spiro atoms. The molecule has 0 aliphatic carbocycles. The monoisotopic (exact) mass is 300 g/mol. The summed E-state index contributed by atoms with van der Waals surface area (Å²) in [4.78, 5) is 14.2.